The summed E-state index contributed by atoms with van der Waals surface area (Å²) in [7, 11) is 0. The third-order valence-electron chi connectivity index (χ3n) is 5.03. The molecule has 1 unspecified atom stereocenters. The van der Waals surface area contributed by atoms with Crippen molar-refractivity contribution in [2.75, 3.05) is 19.8 Å². The first-order chi connectivity index (χ1) is 14.0. The Labute approximate surface area is 169 Å². The van der Waals surface area contributed by atoms with Crippen LogP contribution in [0.15, 0.2) is 42.5 Å². The summed E-state index contributed by atoms with van der Waals surface area (Å²) in [5.41, 5.74) is -2.25. The summed E-state index contributed by atoms with van der Waals surface area (Å²) in [6, 6.07) is 8.74. The van der Waals surface area contributed by atoms with E-state index in [2.05, 4.69) is 0 Å². The second kappa shape index (κ2) is 8.56. The molecule has 1 aliphatic heterocycles. The molecule has 0 saturated carbocycles. The van der Waals surface area contributed by atoms with Crippen LogP contribution < -0.4 is 0 Å². The fourth-order valence-electron chi connectivity index (χ4n) is 3.63. The van der Waals surface area contributed by atoms with E-state index >= 15 is 0 Å². The average Bonchev–Trinajstić information content (AvgIpc) is 2.67. The molecule has 0 aliphatic carbocycles. The van der Waals surface area contributed by atoms with Crippen LogP contribution in [0.1, 0.15) is 34.2 Å². The molecule has 9 heteroatoms. The lowest BCUT2D eigenvalue weighted by Gasteiger charge is -2.38. The number of halogens is 6. The minimum absolute atomic E-state index is 0.0806. The van der Waals surface area contributed by atoms with E-state index in [0.29, 0.717) is 25.2 Å². The molecule has 164 valence electrons. The second-order valence-corrected chi connectivity index (χ2v) is 7.13. The molecule has 1 aliphatic rings. The van der Waals surface area contributed by atoms with Gasteiger partial charge in [-0.25, -0.2) is 0 Å². The van der Waals surface area contributed by atoms with Crippen molar-refractivity contribution in [2.45, 2.75) is 37.4 Å². The monoisotopic (exact) mass is 434 g/mol. The third-order valence-corrected chi connectivity index (χ3v) is 5.03. The highest BCUT2D eigenvalue weighted by molar-refractivity contribution is 5.35. The predicted octanol–water partition coefficient (Wildman–Crippen LogP) is 5.09. The first-order valence-corrected chi connectivity index (χ1v) is 9.24. The summed E-state index contributed by atoms with van der Waals surface area (Å²) in [4.78, 5) is 0. The van der Waals surface area contributed by atoms with Crippen LogP contribution in [-0.4, -0.2) is 24.9 Å². The molecule has 2 aromatic rings. The van der Waals surface area contributed by atoms with Crippen molar-refractivity contribution < 1.29 is 40.9 Å². The first-order valence-electron chi connectivity index (χ1n) is 9.24. The van der Waals surface area contributed by atoms with Gasteiger partial charge in [-0.2, -0.15) is 26.3 Å². The van der Waals surface area contributed by atoms with E-state index in [0.717, 1.165) is 11.1 Å². The average molecular weight is 434 g/mol. The van der Waals surface area contributed by atoms with E-state index in [4.69, 9.17) is 9.47 Å². The number of hydrogen-bond donors (Lipinski definition) is 1. The molecule has 0 spiro atoms. The first kappa shape index (κ1) is 22.6. The molecule has 30 heavy (non-hydrogen) atoms. The van der Waals surface area contributed by atoms with Gasteiger partial charge in [-0.3, -0.25) is 0 Å². The van der Waals surface area contributed by atoms with Crippen molar-refractivity contribution in [3.8, 4) is 0 Å². The Morgan fingerprint density at radius 2 is 1.60 bits per heavy atom. The third kappa shape index (κ3) is 4.96. The van der Waals surface area contributed by atoms with Crippen molar-refractivity contribution in [1.82, 2.24) is 0 Å². The number of hydrogen-bond acceptors (Lipinski definition) is 3. The molecule has 0 saturated heterocycles. The summed E-state index contributed by atoms with van der Waals surface area (Å²) >= 11 is 0. The van der Waals surface area contributed by atoms with Gasteiger partial charge >= 0.3 is 12.4 Å². The Bertz CT molecular complexity index is 846. The maximum absolute atomic E-state index is 13.0. The fraction of sp³-hybridized carbons (Fsp3) is 0.429. The van der Waals surface area contributed by atoms with Crippen molar-refractivity contribution in [2.24, 2.45) is 0 Å². The van der Waals surface area contributed by atoms with Crippen LogP contribution in [-0.2, 0) is 40.5 Å². The lowest BCUT2D eigenvalue weighted by atomic mass is 9.84. The van der Waals surface area contributed by atoms with Gasteiger partial charge in [-0.05, 0) is 41.3 Å². The standard InChI is InChI=1S/C21H20F6O3/c22-20(23,24)16-9-14(10-17(11-16)21(25,26)27)12-29-13-19(6-7-28)18-4-2-1-3-15(18)5-8-30-19/h1-4,9-11,28H,5-8,12-13H2. The van der Waals surface area contributed by atoms with Gasteiger partial charge < -0.3 is 14.6 Å². The van der Waals surface area contributed by atoms with E-state index in [-0.39, 0.29) is 31.3 Å². The van der Waals surface area contributed by atoms with E-state index < -0.39 is 35.7 Å². The molecule has 0 fully saturated rings. The minimum Gasteiger partial charge on any atom is -0.396 e. The number of alkyl halides is 6. The molecule has 2 aromatic carbocycles. The summed E-state index contributed by atoms with van der Waals surface area (Å²) in [5.74, 6) is 0. The Morgan fingerprint density at radius 1 is 0.967 bits per heavy atom. The molecular formula is C21H20F6O3. The molecule has 0 bridgehead atoms. The summed E-state index contributed by atoms with van der Waals surface area (Å²) in [6.45, 7) is -0.449. The lowest BCUT2D eigenvalue weighted by molar-refractivity contribution is -0.143. The fourth-order valence-corrected chi connectivity index (χ4v) is 3.63. The lowest BCUT2D eigenvalue weighted by Crippen LogP contribution is -2.40. The Kier molecular flexibility index (Phi) is 6.45. The molecule has 1 atom stereocenters. The van der Waals surface area contributed by atoms with Crippen LogP contribution in [0.4, 0.5) is 26.3 Å². The van der Waals surface area contributed by atoms with E-state index in [9.17, 15) is 31.4 Å². The molecule has 1 heterocycles. The van der Waals surface area contributed by atoms with Crippen LogP contribution in [0.25, 0.3) is 0 Å². The number of aliphatic hydroxyl groups is 1. The number of benzene rings is 2. The highest BCUT2D eigenvalue weighted by atomic mass is 19.4. The summed E-state index contributed by atoms with van der Waals surface area (Å²) in [6.07, 6.45) is -8.99. The predicted molar refractivity (Wildman–Crippen MR) is 95.6 cm³/mol. The number of ether oxygens (including phenoxy) is 2. The summed E-state index contributed by atoms with van der Waals surface area (Å²) in [5, 5.41) is 9.49. The summed E-state index contributed by atoms with van der Waals surface area (Å²) < 4.78 is 89.5. The van der Waals surface area contributed by atoms with Crippen molar-refractivity contribution in [1.29, 1.82) is 0 Å². The SMILES string of the molecule is OCCC1(COCc2cc(C(F)(F)F)cc(C(F)(F)F)c2)OCCc2ccccc21. The zero-order valence-electron chi connectivity index (χ0n) is 15.8. The maximum Gasteiger partial charge on any atom is 0.416 e. The normalized spacial score (nSPS) is 19.6. The van der Waals surface area contributed by atoms with Crippen LogP contribution in [0, 0.1) is 0 Å². The molecule has 3 rings (SSSR count). The Hall–Kier alpha value is -2.10. The topological polar surface area (TPSA) is 38.7 Å². The van der Waals surface area contributed by atoms with E-state index in [1.165, 1.54) is 0 Å². The highest BCUT2D eigenvalue weighted by Gasteiger charge is 2.39. The molecule has 0 aromatic heterocycles. The van der Waals surface area contributed by atoms with Crippen LogP contribution in [0.5, 0.6) is 0 Å². The molecular weight excluding hydrogens is 414 g/mol. The number of fused-ring (bicyclic) bond motifs is 1. The van der Waals surface area contributed by atoms with Crippen LogP contribution in [0.3, 0.4) is 0 Å². The van der Waals surface area contributed by atoms with Crippen LogP contribution in [0.2, 0.25) is 0 Å². The van der Waals surface area contributed by atoms with Crippen molar-refractivity contribution in [3.05, 3.63) is 70.3 Å². The smallest absolute Gasteiger partial charge is 0.396 e. The van der Waals surface area contributed by atoms with Gasteiger partial charge in [0.05, 0.1) is 30.9 Å². The van der Waals surface area contributed by atoms with Gasteiger partial charge in [-0.1, -0.05) is 24.3 Å². The van der Waals surface area contributed by atoms with Gasteiger partial charge in [0, 0.05) is 13.0 Å². The number of rotatable bonds is 6. The molecule has 3 nitrogen and oxygen atoms in total. The largest absolute Gasteiger partial charge is 0.416 e. The van der Waals surface area contributed by atoms with Gasteiger partial charge in [0.1, 0.15) is 5.60 Å². The van der Waals surface area contributed by atoms with E-state index in [1.807, 2.05) is 18.2 Å². The second-order valence-electron chi connectivity index (χ2n) is 7.13. The quantitative estimate of drug-likeness (QED) is 0.644. The minimum atomic E-state index is -4.92. The van der Waals surface area contributed by atoms with Crippen molar-refractivity contribution >= 4 is 0 Å². The van der Waals surface area contributed by atoms with Gasteiger partial charge in [0.2, 0.25) is 0 Å². The highest BCUT2D eigenvalue weighted by Crippen LogP contribution is 2.38. The molecule has 0 radical (unpaired) electrons. The van der Waals surface area contributed by atoms with Crippen molar-refractivity contribution in [3.63, 3.8) is 0 Å². The van der Waals surface area contributed by atoms with Gasteiger partial charge in [0.15, 0.2) is 0 Å². The van der Waals surface area contributed by atoms with Gasteiger partial charge in [0.25, 0.3) is 0 Å². The molecule has 0 amide bonds. The Balaban J connectivity index is 1.83. The Morgan fingerprint density at radius 3 is 2.20 bits per heavy atom. The van der Waals surface area contributed by atoms with Crippen LogP contribution >= 0.6 is 0 Å². The zero-order valence-corrected chi connectivity index (χ0v) is 15.8. The van der Waals surface area contributed by atoms with E-state index in [1.54, 1.807) is 6.07 Å². The van der Waals surface area contributed by atoms with Gasteiger partial charge in [-0.15, -0.1) is 0 Å². The zero-order chi connectivity index (χ0) is 22.0. The number of aliphatic hydroxyl groups excluding tert-OH is 1. The molecule has 1 N–H and O–H groups in total. The maximum atomic E-state index is 13.0.